The summed E-state index contributed by atoms with van der Waals surface area (Å²) in [6, 6.07) is 15.9. The average molecular weight is 334 g/mol. The third-order valence-corrected chi connectivity index (χ3v) is 3.11. The van der Waals surface area contributed by atoms with E-state index >= 15 is 0 Å². The van der Waals surface area contributed by atoms with Gasteiger partial charge in [0.15, 0.2) is 6.61 Å². The minimum absolute atomic E-state index is 0.177. The van der Waals surface area contributed by atoms with E-state index in [0.29, 0.717) is 10.8 Å². The molecule has 0 radical (unpaired) electrons. The molecule has 5 nitrogen and oxygen atoms in total. The number of hydrogen-bond acceptors (Lipinski definition) is 4. The first kappa shape index (κ1) is 16.8. The van der Waals surface area contributed by atoms with E-state index in [-0.39, 0.29) is 19.8 Å². The molecule has 0 bridgehead atoms. The van der Waals surface area contributed by atoms with Crippen LogP contribution in [0, 0.1) is 0 Å². The standard InChI is InChI=1S/C17H16ClNO4/c18-14-6-8-15(9-7-14)22-12-16(20)19-10-17(21)23-11-13-4-2-1-3-5-13/h1-9H,10-12H2,(H,19,20). The van der Waals surface area contributed by atoms with E-state index in [1.165, 1.54) is 0 Å². The van der Waals surface area contributed by atoms with Crippen LogP contribution in [0.2, 0.25) is 5.02 Å². The lowest BCUT2D eigenvalue weighted by molar-refractivity contribution is -0.145. The lowest BCUT2D eigenvalue weighted by Gasteiger charge is -2.08. The maximum absolute atomic E-state index is 11.6. The van der Waals surface area contributed by atoms with Gasteiger partial charge >= 0.3 is 5.97 Å². The van der Waals surface area contributed by atoms with Gasteiger partial charge in [-0.25, -0.2) is 0 Å². The fourth-order valence-electron chi connectivity index (χ4n) is 1.69. The Morgan fingerprint density at radius 1 is 1.00 bits per heavy atom. The summed E-state index contributed by atoms with van der Waals surface area (Å²) in [6.45, 7) is -0.208. The molecule has 2 rings (SSSR count). The molecule has 0 aliphatic heterocycles. The van der Waals surface area contributed by atoms with Gasteiger partial charge in [0.05, 0.1) is 0 Å². The number of carbonyl (C=O) groups is 2. The molecular formula is C17H16ClNO4. The van der Waals surface area contributed by atoms with Gasteiger partial charge in [0.25, 0.3) is 5.91 Å². The zero-order valence-corrected chi connectivity index (χ0v) is 13.1. The predicted molar refractivity (Wildman–Crippen MR) is 86.2 cm³/mol. The number of rotatable bonds is 7. The van der Waals surface area contributed by atoms with Crippen LogP contribution in [0.25, 0.3) is 0 Å². The van der Waals surface area contributed by atoms with Crippen molar-refractivity contribution in [1.29, 1.82) is 0 Å². The Morgan fingerprint density at radius 2 is 1.70 bits per heavy atom. The molecule has 1 N–H and O–H groups in total. The summed E-state index contributed by atoms with van der Waals surface area (Å²) < 4.78 is 10.3. The Balaban J connectivity index is 1.63. The Labute approximate surface area is 139 Å². The topological polar surface area (TPSA) is 64.6 Å². The van der Waals surface area contributed by atoms with Gasteiger partial charge in [0, 0.05) is 5.02 Å². The van der Waals surface area contributed by atoms with Gasteiger partial charge in [-0.15, -0.1) is 0 Å². The van der Waals surface area contributed by atoms with Crippen LogP contribution >= 0.6 is 11.6 Å². The number of carbonyl (C=O) groups excluding carboxylic acids is 2. The van der Waals surface area contributed by atoms with Crippen molar-refractivity contribution in [2.24, 2.45) is 0 Å². The highest BCUT2D eigenvalue weighted by Gasteiger charge is 2.07. The quantitative estimate of drug-likeness (QED) is 0.791. The largest absolute Gasteiger partial charge is 0.484 e. The highest BCUT2D eigenvalue weighted by molar-refractivity contribution is 6.30. The first-order chi connectivity index (χ1) is 11.1. The van der Waals surface area contributed by atoms with Crippen LogP contribution in [-0.4, -0.2) is 25.0 Å². The van der Waals surface area contributed by atoms with Crippen LogP contribution in [0.4, 0.5) is 0 Å². The molecule has 0 aliphatic rings. The lowest BCUT2D eigenvalue weighted by Crippen LogP contribution is -2.34. The van der Waals surface area contributed by atoms with E-state index in [0.717, 1.165) is 5.56 Å². The SMILES string of the molecule is O=C(COc1ccc(Cl)cc1)NCC(=O)OCc1ccccc1. The number of nitrogens with one attached hydrogen (secondary N) is 1. The molecule has 0 atom stereocenters. The summed E-state index contributed by atoms with van der Waals surface area (Å²) in [4.78, 5) is 23.1. The normalized spacial score (nSPS) is 9.96. The van der Waals surface area contributed by atoms with Gasteiger partial charge < -0.3 is 14.8 Å². The summed E-state index contributed by atoms with van der Waals surface area (Å²) in [6.07, 6.45) is 0. The summed E-state index contributed by atoms with van der Waals surface area (Å²) in [5.41, 5.74) is 0.887. The molecule has 0 spiro atoms. The van der Waals surface area contributed by atoms with Gasteiger partial charge in [-0.05, 0) is 29.8 Å². The highest BCUT2D eigenvalue weighted by Crippen LogP contribution is 2.15. The maximum Gasteiger partial charge on any atom is 0.325 e. The zero-order valence-electron chi connectivity index (χ0n) is 12.3. The molecule has 0 fully saturated rings. The van der Waals surface area contributed by atoms with Crippen molar-refractivity contribution in [2.75, 3.05) is 13.2 Å². The van der Waals surface area contributed by atoms with E-state index in [1.54, 1.807) is 24.3 Å². The smallest absolute Gasteiger partial charge is 0.325 e. The number of amides is 1. The maximum atomic E-state index is 11.6. The van der Waals surface area contributed by atoms with E-state index in [1.807, 2.05) is 30.3 Å². The van der Waals surface area contributed by atoms with Crippen LogP contribution in [-0.2, 0) is 20.9 Å². The second-order valence-electron chi connectivity index (χ2n) is 4.67. The van der Waals surface area contributed by atoms with Crippen LogP contribution in [0.5, 0.6) is 5.75 Å². The van der Waals surface area contributed by atoms with Crippen LogP contribution in [0.15, 0.2) is 54.6 Å². The molecule has 0 heterocycles. The molecule has 2 aromatic rings. The summed E-state index contributed by atoms with van der Waals surface area (Å²) in [5, 5.41) is 3.02. The summed E-state index contributed by atoms with van der Waals surface area (Å²) in [5.74, 6) is -0.387. The average Bonchev–Trinajstić information content (AvgIpc) is 2.58. The molecule has 1 amide bonds. The Kier molecular flexibility index (Phi) is 6.44. The Hall–Kier alpha value is -2.53. The number of ether oxygens (including phenoxy) is 2. The molecule has 120 valence electrons. The van der Waals surface area contributed by atoms with Crippen molar-refractivity contribution in [2.45, 2.75) is 6.61 Å². The van der Waals surface area contributed by atoms with E-state index in [9.17, 15) is 9.59 Å². The third kappa shape index (κ3) is 6.40. The Bertz CT molecular complexity index is 643. The first-order valence-corrected chi connectivity index (χ1v) is 7.36. The number of halogens is 1. The van der Waals surface area contributed by atoms with Crippen LogP contribution in [0.1, 0.15) is 5.56 Å². The molecule has 0 aromatic heterocycles. The van der Waals surface area contributed by atoms with Gasteiger partial charge in [0.2, 0.25) is 0 Å². The van der Waals surface area contributed by atoms with Crippen molar-refractivity contribution >= 4 is 23.5 Å². The van der Waals surface area contributed by atoms with E-state index < -0.39 is 11.9 Å². The van der Waals surface area contributed by atoms with Gasteiger partial charge in [-0.2, -0.15) is 0 Å². The number of hydrogen-bond donors (Lipinski definition) is 1. The minimum atomic E-state index is -0.506. The fourth-order valence-corrected chi connectivity index (χ4v) is 1.82. The zero-order chi connectivity index (χ0) is 16.5. The van der Waals surface area contributed by atoms with Gasteiger partial charge in [-0.1, -0.05) is 41.9 Å². The fraction of sp³-hybridized carbons (Fsp3) is 0.176. The monoisotopic (exact) mass is 333 g/mol. The van der Waals surface area contributed by atoms with Crippen molar-refractivity contribution in [3.05, 3.63) is 65.2 Å². The number of esters is 1. The second-order valence-corrected chi connectivity index (χ2v) is 5.10. The molecule has 0 unspecified atom stereocenters. The predicted octanol–water partition coefficient (Wildman–Crippen LogP) is 2.58. The molecule has 6 heteroatoms. The minimum Gasteiger partial charge on any atom is -0.484 e. The van der Waals surface area contributed by atoms with E-state index in [2.05, 4.69) is 5.32 Å². The number of benzene rings is 2. The van der Waals surface area contributed by atoms with Gasteiger partial charge in [-0.3, -0.25) is 9.59 Å². The highest BCUT2D eigenvalue weighted by atomic mass is 35.5. The second kappa shape index (κ2) is 8.80. The van der Waals surface area contributed by atoms with Crippen molar-refractivity contribution in [3.8, 4) is 5.75 Å². The molecule has 0 saturated carbocycles. The molecule has 0 saturated heterocycles. The van der Waals surface area contributed by atoms with Crippen LogP contribution < -0.4 is 10.1 Å². The van der Waals surface area contributed by atoms with Crippen molar-refractivity contribution in [1.82, 2.24) is 5.32 Å². The van der Waals surface area contributed by atoms with Crippen molar-refractivity contribution in [3.63, 3.8) is 0 Å². The van der Waals surface area contributed by atoms with Gasteiger partial charge in [0.1, 0.15) is 18.9 Å². The summed E-state index contributed by atoms with van der Waals surface area (Å²) in [7, 11) is 0. The summed E-state index contributed by atoms with van der Waals surface area (Å²) >= 11 is 5.75. The first-order valence-electron chi connectivity index (χ1n) is 6.98. The molecule has 2 aromatic carbocycles. The molecular weight excluding hydrogens is 318 g/mol. The van der Waals surface area contributed by atoms with Crippen LogP contribution in [0.3, 0.4) is 0 Å². The van der Waals surface area contributed by atoms with Crippen molar-refractivity contribution < 1.29 is 19.1 Å². The van der Waals surface area contributed by atoms with E-state index in [4.69, 9.17) is 21.1 Å². The molecule has 23 heavy (non-hydrogen) atoms. The lowest BCUT2D eigenvalue weighted by atomic mass is 10.2. The Morgan fingerprint density at radius 3 is 2.39 bits per heavy atom. The third-order valence-electron chi connectivity index (χ3n) is 2.86. The molecule has 0 aliphatic carbocycles.